The Balaban J connectivity index is 2.39. The number of benzene rings is 2. The van der Waals surface area contributed by atoms with Gasteiger partial charge >= 0.3 is 0 Å². The largest absolute Gasteiger partial charge is 0.508 e. The fourth-order valence-corrected chi connectivity index (χ4v) is 2.62. The molecule has 0 fully saturated rings. The number of rotatable bonds is 6. The van der Waals surface area contributed by atoms with Crippen LogP contribution in [0.5, 0.6) is 5.75 Å². The quantitative estimate of drug-likeness (QED) is 0.777. The van der Waals surface area contributed by atoms with E-state index in [1.807, 2.05) is 49.3 Å². The minimum atomic E-state index is -0.455. The zero-order valence-electron chi connectivity index (χ0n) is 15.3. The van der Waals surface area contributed by atoms with Crippen molar-refractivity contribution >= 4 is 0 Å². The molecule has 2 N–H and O–H groups in total. The topological polar surface area (TPSA) is 43.7 Å². The maximum absolute atomic E-state index is 10.4. The predicted octanol–water partition coefficient (Wildman–Crippen LogP) is 4.20. The number of hydrogen-bond acceptors (Lipinski definition) is 3. The average molecular weight is 337 g/mol. The van der Waals surface area contributed by atoms with E-state index in [1.165, 1.54) is 0 Å². The van der Waals surface area contributed by atoms with Gasteiger partial charge in [-0.15, -0.1) is 0 Å². The van der Waals surface area contributed by atoms with Crippen molar-refractivity contribution in [3.05, 3.63) is 53.6 Å². The van der Waals surface area contributed by atoms with E-state index in [-0.39, 0.29) is 5.75 Å². The number of nitrogens with zero attached hydrogens (tertiary/aromatic N) is 1. The Kier molecular flexibility index (Phi) is 7.06. The van der Waals surface area contributed by atoms with E-state index >= 15 is 0 Å². The highest BCUT2D eigenvalue weighted by Gasteiger charge is 2.11. The molecule has 1 unspecified atom stereocenters. The Morgan fingerprint density at radius 1 is 1.08 bits per heavy atom. The molecule has 0 saturated heterocycles. The van der Waals surface area contributed by atoms with Crippen molar-refractivity contribution in [2.45, 2.75) is 32.3 Å². The monoisotopic (exact) mass is 337 g/mol. The number of aliphatic hydroxyl groups is 1. The van der Waals surface area contributed by atoms with Gasteiger partial charge in [0.25, 0.3) is 0 Å². The van der Waals surface area contributed by atoms with Gasteiger partial charge in [0.15, 0.2) is 0 Å². The molecule has 0 aliphatic rings. The molecule has 1 atom stereocenters. The van der Waals surface area contributed by atoms with Crippen molar-refractivity contribution in [1.82, 2.24) is 4.90 Å². The van der Waals surface area contributed by atoms with Gasteiger partial charge in [-0.3, -0.25) is 4.90 Å². The van der Waals surface area contributed by atoms with E-state index in [0.29, 0.717) is 6.54 Å². The van der Waals surface area contributed by atoms with E-state index in [4.69, 9.17) is 0 Å². The zero-order chi connectivity index (χ0) is 18.2. The zero-order valence-corrected chi connectivity index (χ0v) is 15.3. The third-order valence-electron chi connectivity index (χ3n) is 4.06. The Labute approximate surface area is 150 Å². The molecule has 0 spiro atoms. The number of hydrogen-bond donors (Lipinski definition) is 2. The SMILES string of the molecule is CCCCC(O)c1ccc(-c2ccc(O)cc2)c(C#CCN(C)C)c1. The fourth-order valence-electron chi connectivity index (χ4n) is 2.62. The van der Waals surface area contributed by atoms with Crippen LogP contribution in [0.3, 0.4) is 0 Å². The number of phenolic OH excluding ortho intramolecular Hbond substituents is 1. The second kappa shape index (κ2) is 9.27. The summed E-state index contributed by atoms with van der Waals surface area (Å²) >= 11 is 0. The lowest BCUT2D eigenvalue weighted by Crippen LogP contribution is -2.10. The standard InChI is InChI=1S/C22H27NO2/c1-4-5-8-22(25)19-11-14-21(17-9-12-20(24)13-10-17)18(16-19)7-6-15-23(2)3/h9-14,16,22,24-25H,4-5,8,15H2,1-3H3. The van der Waals surface area contributed by atoms with Crippen LogP contribution in [0, 0.1) is 11.8 Å². The van der Waals surface area contributed by atoms with Gasteiger partial charge < -0.3 is 10.2 Å². The summed E-state index contributed by atoms with van der Waals surface area (Å²) in [5.74, 6) is 6.67. The van der Waals surface area contributed by atoms with Gasteiger partial charge in [-0.05, 0) is 55.4 Å². The summed E-state index contributed by atoms with van der Waals surface area (Å²) in [7, 11) is 3.97. The Bertz CT molecular complexity index is 739. The number of aromatic hydroxyl groups is 1. The molecule has 132 valence electrons. The van der Waals surface area contributed by atoms with Gasteiger partial charge in [-0.2, -0.15) is 0 Å². The van der Waals surface area contributed by atoms with Crippen molar-refractivity contribution in [2.75, 3.05) is 20.6 Å². The number of unbranched alkanes of at least 4 members (excludes halogenated alkanes) is 1. The first-order chi connectivity index (χ1) is 12.0. The van der Waals surface area contributed by atoms with E-state index in [9.17, 15) is 10.2 Å². The third kappa shape index (κ3) is 5.63. The molecule has 2 aromatic rings. The molecule has 0 aromatic heterocycles. The van der Waals surface area contributed by atoms with Crippen molar-refractivity contribution in [1.29, 1.82) is 0 Å². The molecule has 0 amide bonds. The molecule has 0 aliphatic carbocycles. The van der Waals surface area contributed by atoms with Crippen LogP contribution in [0.25, 0.3) is 11.1 Å². The van der Waals surface area contributed by atoms with Crippen LogP contribution in [0.1, 0.15) is 43.4 Å². The molecule has 0 bridgehead atoms. The van der Waals surface area contributed by atoms with Crippen LogP contribution >= 0.6 is 0 Å². The molecule has 3 heteroatoms. The van der Waals surface area contributed by atoms with Gasteiger partial charge in [-0.1, -0.05) is 55.9 Å². The third-order valence-corrected chi connectivity index (χ3v) is 4.06. The molecule has 3 nitrogen and oxygen atoms in total. The molecule has 2 aromatic carbocycles. The summed E-state index contributed by atoms with van der Waals surface area (Å²) in [6.07, 6.45) is 2.38. The highest BCUT2D eigenvalue weighted by Crippen LogP contribution is 2.29. The summed E-state index contributed by atoms with van der Waals surface area (Å²) in [6.45, 7) is 2.80. The lowest BCUT2D eigenvalue weighted by molar-refractivity contribution is 0.164. The van der Waals surface area contributed by atoms with Crippen molar-refractivity contribution < 1.29 is 10.2 Å². The first-order valence-corrected chi connectivity index (χ1v) is 8.76. The average Bonchev–Trinajstić information content (AvgIpc) is 2.60. The van der Waals surface area contributed by atoms with Crippen molar-refractivity contribution in [2.24, 2.45) is 0 Å². The van der Waals surface area contributed by atoms with Crippen LogP contribution in [-0.4, -0.2) is 35.8 Å². The second-order valence-electron chi connectivity index (χ2n) is 6.55. The maximum atomic E-state index is 10.4. The first kappa shape index (κ1) is 19.1. The Morgan fingerprint density at radius 3 is 2.44 bits per heavy atom. The maximum Gasteiger partial charge on any atom is 0.115 e. The highest BCUT2D eigenvalue weighted by atomic mass is 16.3. The van der Waals surface area contributed by atoms with Crippen LogP contribution in [0.2, 0.25) is 0 Å². The molecular weight excluding hydrogens is 310 g/mol. The summed E-state index contributed by atoms with van der Waals surface area (Å²) in [4.78, 5) is 2.02. The molecule has 0 aliphatic heterocycles. The van der Waals surface area contributed by atoms with Crippen LogP contribution in [0.15, 0.2) is 42.5 Å². The van der Waals surface area contributed by atoms with Gasteiger partial charge in [-0.25, -0.2) is 0 Å². The number of phenols is 1. The molecule has 0 saturated carbocycles. The second-order valence-corrected chi connectivity index (χ2v) is 6.55. The van der Waals surface area contributed by atoms with Crippen molar-refractivity contribution in [3.8, 4) is 28.7 Å². The summed E-state index contributed by atoms with van der Waals surface area (Å²) in [5.41, 5.74) is 3.82. The van der Waals surface area contributed by atoms with Crippen LogP contribution in [0.4, 0.5) is 0 Å². The minimum absolute atomic E-state index is 0.246. The Hall–Kier alpha value is -2.28. The first-order valence-electron chi connectivity index (χ1n) is 8.76. The van der Waals surface area contributed by atoms with Gasteiger partial charge in [0.2, 0.25) is 0 Å². The normalized spacial score (nSPS) is 11.9. The molecule has 0 radical (unpaired) electrons. The molecule has 0 heterocycles. The van der Waals surface area contributed by atoms with Crippen LogP contribution < -0.4 is 0 Å². The fraction of sp³-hybridized carbons (Fsp3) is 0.364. The van der Waals surface area contributed by atoms with Gasteiger partial charge in [0.1, 0.15) is 5.75 Å². The van der Waals surface area contributed by atoms with E-state index < -0.39 is 6.10 Å². The predicted molar refractivity (Wildman–Crippen MR) is 103 cm³/mol. The van der Waals surface area contributed by atoms with Crippen molar-refractivity contribution in [3.63, 3.8) is 0 Å². The Morgan fingerprint density at radius 2 is 1.80 bits per heavy atom. The summed E-state index contributed by atoms with van der Waals surface area (Å²) < 4.78 is 0. The summed E-state index contributed by atoms with van der Waals surface area (Å²) in [6, 6.07) is 13.1. The van der Waals surface area contributed by atoms with E-state index in [1.54, 1.807) is 12.1 Å². The minimum Gasteiger partial charge on any atom is -0.508 e. The van der Waals surface area contributed by atoms with E-state index in [0.717, 1.165) is 41.5 Å². The number of aliphatic hydroxyl groups excluding tert-OH is 1. The molecular formula is C22H27NO2. The lowest BCUT2D eigenvalue weighted by Gasteiger charge is -2.13. The van der Waals surface area contributed by atoms with E-state index in [2.05, 4.69) is 18.8 Å². The molecule has 25 heavy (non-hydrogen) atoms. The lowest BCUT2D eigenvalue weighted by atomic mass is 9.94. The smallest absolute Gasteiger partial charge is 0.115 e. The van der Waals surface area contributed by atoms with Gasteiger partial charge in [0.05, 0.1) is 12.6 Å². The summed E-state index contributed by atoms with van der Waals surface area (Å²) in [5, 5.41) is 19.9. The molecule has 2 rings (SSSR count). The van der Waals surface area contributed by atoms with Gasteiger partial charge in [0, 0.05) is 5.56 Å². The highest BCUT2D eigenvalue weighted by molar-refractivity contribution is 5.72. The van der Waals surface area contributed by atoms with Crippen LogP contribution in [-0.2, 0) is 0 Å².